The molecule has 0 aromatic heterocycles. The van der Waals surface area contributed by atoms with Crippen LogP contribution >= 0.6 is 0 Å². The van der Waals surface area contributed by atoms with Gasteiger partial charge in [-0.15, -0.1) is 0 Å². The minimum atomic E-state index is -0.778. The molecule has 1 aromatic carbocycles. The van der Waals surface area contributed by atoms with E-state index in [0.717, 1.165) is 38.5 Å². The Bertz CT molecular complexity index is 608. The van der Waals surface area contributed by atoms with Crippen LogP contribution in [0, 0.1) is 0 Å². The Labute approximate surface area is 148 Å². The van der Waals surface area contributed by atoms with E-state index in [-0.39, 0.29) is 11.5 Å². The molecule has 0 spiro atoms. The van der Waals surface area contributed by atoms with Gasteiger partial charge >= 0.3 is 5.97 Å². The van der Waals surface area contributed by atoms with Gasteiger partial charge in [-0.25, -0.2) is 4.79 Å². The van der Waals surface area contributed by atoms with Crippen LogP contribution in [-0.2, 0) is 14.3 Å². The molecule has 1 aliphatic carbocycles. The molecule has 1 saturated carbocycles. The predicted octanol–water partition coefficient (Wildman–Crippen LogP) is 3.55. The van der Waals surface area contributed by atoms with Crippen LogP contribution in [0.5, 0.6) is 5.75 Å². The van der Waals surface area contributed by atoms with E-state index in [2.05, 4.69) is 5.32 Å². The number of esters is 1. The highest BCUT2D eigenvalue weighted by molar-refractivity contribution is 5.99. The fourth-order valence-corrected chi connectivity index (χ4v) is 3.16. The fourth-order valence-electron chi connectivity index (χ4n) is 3.16. The maximum atomic E-state index is 12.9. The second kappa shape index (κ2) is 8.85. The third kappa shape index (κ3) is 4.51. The zero-order valence-corrected chi connectivity index (χ0v) is 15.2. The normalized spacial score (nSPS) is 16.1. The first-order valence-electron chi connectivity index (χ1n) is 8.78. The average molecular weight is 349 g/mol. The van der Waals surface area contributed by atoms with E-state index >= 15 is 0 Å². The molecular formula is C19H27NO5. The highest BCUT2D eigenvalue weighted by atomic mass is 16.5. The number of methoxy groups -OCH3 is 2. The lowest BCUT2D eigenvalue weighted by atomic mass is 9.83. The number of nitrogens with one attached hydrogen (secondary N) is 1. The molecule has 25 heavy (non-hydrogen) atoms. The number of carbonyl (C=O) groups is 2. The largest absolute Gasteiger partial charge is 0.496 e. The van der Waals surface area contributed by atoms with Crippen molar-refractivity contribution in [3.8, 4) is 5.75 Å². The molecule has 1 aromatic rings. The molecule has 2 rings (SSSR count). The molecule has 1 fully saturated rings. The van der Waals surface area contributed by atoms with Crippen molar-refractivity contribution in [3.63, 3.8) is 0 Å². The molecule has 0 bridgehead atoms. The van der Waals surface area contributed by atoms with Gasteiger partial charge in [-0.05, 0) is 37.5 Å². The molecular weight excluding hydrogens is 322 g/mol. The van der Waals surface area contributed by atoms with Gasteiger partial charge in [0.15, 0.2) is 0 Å². The molecule has 1 aliphatic rings. The summed E-state index contributed by atoms with van der Waals surface area (Å²) in [6.45, 7) is 2.59. The number of hydrogen-bond donors (Lipinski definition) is 1. The summed E-state index contributed by atoms with van der Waals surface area (Å²) in [4.78, 5) is 24.8. The standard InChI is InChI=1S/C19H27NO5/c1-4-12-25-19(10-6-5-7-11-19)18(22)20-14-8-9-16(23-2)15(13-14)17(21)24-3/h8-9,13H,4-7,10-12H2,1-3H3,(H,20,22). The average Bonchev–Trinajstić information content (AvgIpc) is 2.66. The summed E-state index contributed by atoms with van der Waals surface area (Å²) in [7, 11) is 2.79. The zero-order chi connectivity index (χ0) is 18.3. The molecule has 0 unspecified atom stereocenters. The van der Waals surface area contributed by atoms with Gasteiger partial charge in [-0.2, -0.15) is 0 Å². The summed E-state index contributed by atoms with van der Waals surface area (Å²) in [5, 5.41) is 2.90. The Kier molecular flexibility index (Phi) is 6.82. The lowest BCUT2D eigenvalue weighted by Crippen LogP contribution is -2.47. The summed E-state index contributed by atoms with van der Waals surface area (Å²) in [6, 6.07) is 4.92. The Morgan fingerprint density at radius 3 is 2.48 bits per heavy atom. The van der Waals surface area contributed by atoms with E-state index < -0.39 is 11.6 Å². The van der Waals surface area contributed by atoms with Gasteiger partial charge in [0.2, 0.25) is 0 Å². The number of anilines is 1. The highest BCUT2D eigenvalue weighted by Crippen LogP contribution is 2.33. The minimum absolute atomic E-state index is 0.151. The minimum Gasteiger partial charge on any atom is -0.496 e. The smallest absolute Gasteiger partial charge is 0.341 e. The molecule has 0 radical (unpaired) electrons. The summed E-state index contributed by atoms with van der Waals surface area (Å²) in [6.07, 6.45) is 5.39. The first-order valence-corrected chi connectivity index (χ1v) is 8.78. The molecule has 1 N–H and O–H groups in total. The van der Waals surface area contributed by atoms with Crippen LogP contribution in [0.1, 0.15) is 55.8 Å². The molecule has 138 valence electrons. The van der Waals surface area contributed by atoms with Crippen LogP contribution in [0.4, 0.5) is 5.69 Å². The van der Waals surface area contributed by atoms with Crippen LogP contribution in [0.3, 0.4) is 0 Å². The molecule has 0 atom stereocenters. The third-order valence-electron chi connectivity index (χ3n) is 4.52. The lowest BCUT2D eigenvalue weighted by molar-refractivity contribution is -0.146. The Morgan fingerprint density at radius 2 is 1.88 bits per heavy atom. The van der Waals surface area contributed by atoms with Crippen molar-refractivity contribution in [2.45, 2.75) is 51.0 Å². The van der Waals surface area contributed by atoms with Crippen molar-refractivity contribution >= 4 is 17.6 Å². The Hall–Kier alpha value is -2.08. The lowest BCUT2D eigenvalue weighted by Gasteiger charge is -2.35. The fraction of sp³-hybridized carbons (Fsp3) is 0.579. The maximum Gasteiger partial charge on any atom is 0.341 e. The van der Waals surface area contributed by atoms with E-state index in [0.29, 0.717) is 18.0 Å². The SMILES string of the molecule is CCCOC1(C(=O)Nc2ccc(OC)c(C(=O)OC)c2)CCCCC1. The van der Waals surface area contributed by atoms with E-state index in [9.17, 15) is 9.59 Å². The molecule has 6 heteroatoms. The van der Waals surface area contributed by atoms with Gasteiger partial charge in [-0.3, -0.25) is 4.79 Å². The van der Waals surface area contributed by atoms with E-state index in [1.54, 1.807) is 18.2 Å². The molecule has 0 heterocycles. The summed E-state index contributed by atoms with van der Waals surface area (Å²) < 4.78 is 15.9. The van der Waals surface area contributed by atoms with E-state index in [4.69, 9.17) is 14.2 Å². The number of ether oxygens (including phenoxy) is 3. The number of carbonyl (C=O) groups excluding carboxylic acids is 2. The number of rotatable bonds is 7. The van der Waals surface area contributed by atoms with Crippen molar-refractivity contribution in [2.75, 3.05) is 26.1 Å². The molecule has 6 nitrogen and oxygen atoms in total. The van der Waals surface area contributed by atoms with Gasteiger partial charge < -0.3 is 19.5 Å². The first-order chi connectivity index (χ1) is 12.1. The zero-order valence-electron chi connectivity index (χ0n) is 15.2. The maximum absolute atomic E-state index is 12.9. The van der Waals surface area contributed by atoms with Crippen LogP contribution < -0.4 is 10.1 Å². The Balaban J connectivity index is 2.21. The van der Waals surface area contributed by atoms with Crippen LogP contribution in [0.2, 0.25) is 0 Å². The highest BCUT2D eigenvalue weighted by Gasteiger charge is 2.40. The topological polar surface area (TPSA) is 73.9 Å². The van der Waals surface area contributed by atoms with Crippen molar-refractivity contribution in [1.82, 2.24) is 0 Å². The number of hydrogen-bond acceptors (Lipinski definition) is 5. The molecule has 1 amide bonds. The molecule has 0 aliphatic heterocycles. The molecule has 0 saturated heterocycles. The Morgan fingerprint density at radius 1 is 1.16 bits per heavy atom. The van der Waals surface area contributed by atoms with Gasteiger partial charge in [0.25, 0.3) is 5.91 Å². The van der Waals surface area contributed by atoms with Gasteiger partial charge in [-0.1, -0.05) is 26.2 Å². The predicted molar refractivity (Wildman–Crippen MR) is 95.0 cm³/mol. The van der Waals surface area contributed by atoms with Gasteiger partial charge in [0.1, 0.15) is 16.9 Å². The van der Waals surface area contributed by atoms with Crippen LogP contribution in [0.25, 0.3) is 0 Å². The van der Waals surface area contributed by atoms with Crippen molar-refractivity contribution in [2.24, 2.45) is 0 Å². The van der Waals surface area contributed by atoms with Crippen LogP contribution in [0.15, 0.2) is 18.2 Å². The second-order valence-corrected chi connectivity index (χ2v) is 6.26. The second-order valence-electron chi connectivity index (χ2n) is 6.26. The summed E-state index contributed by atoms with van der Waals surface area (Å²) >= 11 is 0. The number of amides is 1. The third-order valence-corrected chi connectivity index (χ3v) is 4.52. The summed E-state index contributed by atoms with van der Waals surface area (Å²) in [5.74, 6) is -0.261. The summed E-state index contributed by atoms with van der Waals surface area (Å²) in [5.41, 5.74) is 0.0193. The first kappa shape index (κ1) is 19.2. The van der Waals surface area contributed by atoms with Crippen molar-refractivity contribution in [1.29, 1.82) is 0 Å². The van der Waals surface area contributed by atoms with Crippen LogP contribution in [-0.4, -0.2) is 38.3 Å². The van der Waals surface area contributed by atoms with Crippen molar-refractivity contribution in [3.05, 3.63) is 23.8 Å². The monoisotopic (exact) mass is 349 g/mol. The van der Waals surface area contributed by atoms with Crippen molar-refractivity contribution < 1.29 is 23.8 Å². The number of benzene rings is 1. The van der Waals surface area contributed by atoms with E-state index in [1.807, 2.05) is 6.92 Å². The van der Waals surface area contributed by atoms with E-state index in [1.165, 1.54) is 14.2 Å². The van der Waals surface area contributed by atoms with Gasteiger partial charge in [0.05, 0.1) is 14.2 Å². The quantitative estimate of drug-likeness (QED) is 0.762. The van der Waals surface area contributed by atoms with Gasteiger partial charge in [0, 0.05) is 12.3 Å².